The molecule has 0 aliphatic carbocycles. The van der Waals surface area contributed by atoms with Crippen LogP contribution in [0.5, 0.6) is 0 Å². The first kappa shape index (κ1) is 12.1. The summed E-state index contributed by atoms with van der Waals surface area (Å²) >= 11 is 1.84. The fourth-order valence-corrected chi connectivity index (χ4v) is 2.10. The number of carbonyl (C=O) groups excluding carboxylic acids is 1. The molecule has 1 rings (SSSR count). The molecule has 15 heavy (non-hydrogen) atoms. The second kappa shape index (κ2) is 5.81. The number of hydrogen-bond acceptors (Lipinski definition) is 3. The van der Waals surface area contributed by atoms with Gasteiger partial charge in [0.25, 0.3) is 0 Å². The predicted octanol–water partition coefficient (Wildman–Crippen LogP) is 2.69. The normalized spacial score (nSPS) is 12.2. The van der Waals surface area contributed by atoms with Gasteiger partial charge in [0, 0.05) is 30.1 Å². The molecule has 0 spiro atoms. The van der Waals surface area contributed by atoms with Crippen molar-refractivity contribution in [2.45, 2.75) is 13.0 Å². The third kappa shape index (κ3) is 3.27. The minimum Gasteiger partial charge on any atom is -0.371 e. The van der Waals surface area contributed by atoms with Gasteiger partial charge < -0.3 is 4.90 Å². The largest absolute Gasteiger partial charge is 0.371 e. The van der Waals surface area contributed by atoms with Crippen LogP contribution in [0.2, 0.25) is 0 Å². The first-order valence-electron chi connectivity index (χ1n) is 4.96. The van der Waals surface area contributed by atoms with Crippen molar-refractivity contribution in [3.05, 3.63) is 29.8 Å². The molecule has 0 radical (unpaired) electrons. The summed E-state index contributed by atoms with van der Waals surface area (Å²) in [6.07, 6.45) is 2.98. The maximum Gasteiger partial charge on any atom is 0.150 e. The average Bonchev–Trinajstić information content (AvgIpc) is 2.28. The van der Waals surface area contributed by atoms with E-state index in [9.17, 15) is 4.79 Å². The van der Waals surface area contributed by atoms with Gasteiger partial charge in [0.1, 0.15) is 6.29 Å². The lowest BCUT2D eigenvalue weighted by Crippen LogP contribution is -2.30. The van der Waals surface area contributed by atoms with Gasteiger partial charge in [0.15, 0.2) is 0 Å². The second-order valence-corrected chi connectivity index (χ2v) is 4.54. The molecule has 1 aromatic rings. The minimum absolute atomic E-state index is 0.502. The van der Waals surface area contributed by atoms with Crippen molar-refractivity contribution in [2.24, 2.45) is 0 Å². The van der Waals surface area contributed by atoms with Gasteiger partial charge in [-0.1, -0.05) is 0 Å². The number of carbonyl (C=O) groups is 1. The summed E-state index contributed by atoms with van der Waals surface area (Å²) in [5.74, 6) is 1.10. The van der Waals surface area contributed by atoms with Crippen molar-refractivity contribution >= 4 is 23.7 Å². The van der Waals surface area contributed by atoms with E-state index in [-0.39, 0.29) is 0 Å². The third-order valence-electron chi connectivity index (χ3n) is 2.51. The summed E-state index contributed by atoms with van der Waals surface area (Å²) in [5.41, 5.74) is 1.88. The molecule has 3 heteroatoms. The molecule has 0 aliphatic heterocycles. The Balaban J connectivity index is 2.73. The van der Waals surface area contributed by atoms with Crippen LogP contribution in [0.1, 0.15) is 17.3 Å². The van der Waals surface area contributed by atoms with Crippen molar-refractivity contribution in [3.8, 4) is 0 Å². The number of rotatable bonds is 5. The van der Waals surface area contributed by atoms with E-state index in [0.29, 0.717) is 6.04 Å². The minimum atomic E-state index is 0.502. The molecule has 82 valence electrons. The monoisotopic (exact) mass is 223 g/mol. The van der Waals surface area contributed by atoms with Crippen molar-refractivity contribution < 1.29 is 4.79 Å². The van der Waals surface area contributed by atoms with Crippen molar-refractivity contribution in [2.75, 3.05) is 24.0 Å². The Bertz CT molecular complexity index is 310. The number of hydrogen-bond donors (Lipinski definition) is 0. The van der Waals surface area contributed by atoms with Crippen LogP contribution in [0, 0.1) is 0 Å². The zero-order chi connectivity index (χ0) is 11.3. The lowest BCUT2D eigenvalue weighted by atomic mass is 10.2. The van der Waals surface area contributed by atoms with Crippen LogP contribution >= 0.6 is 11.8 Å². The first-order valence-corrected chi connectivity index (χ1v) is 6.35. The highest BCUT2D eigenvalue weighted by Gasteiger charge is 2.08. The summed E-state index contributed by atoms with van der Waals surface area (Å²) in [5, 5.41) is 0. The highest BCUT2D eigenvalue weighted by molar-refractivity contribution is 7.98. The summed E-state index contributed by atoms with van der Waals surface area (Å²) in [7, 11) is 2.08. The van der Waals surface area contributed by atoms with E-state index >= 15 is 0 Å². The number of nitrogens with zero attached hydrogens (tertiary/aromatic N) is 1. The molecule has 0 fully saturated rings. The van der Waals surface area contributed by atoms with Gasteiger partial charge in [-0.3, -0.25) is 4.79 Å². The van der Waals surface area contributed by atoms with Crippen molar-refractivity contribution in [1.29, 1.82) is 0 Å². The Hall–Kier alpha value is -0.960. The quantitative estimate of drug-likeness (QED) is 0.716. The molecular formula is C12H17NOS. The maximum atomic E-state index is 10.5. The van der Waals surface area contributed by atoms with Gasteiger partial charge in [-0.15, -0.1) is 0 Å². The molecule has 1 aromatic carbocycles. The van der Waals surface area contributed by atoms with E-state index in [4.69, 9.17) is 0 Å². The lowest BCUT2D eigenvalue weighted by Gasteiger charge is -2.26. The lowest BCUT2D eigenvalue weighted by molar-refractivity contribution is 0.112. The van der Waals surface area contributed by atoms with E-state index in [1.165, 1.54) is 0 Å². The zero-order valence-electron chi connectivity index (χ0n) is 9.43. The van der Waals surface area contributed by atoms with Gasteiger partial charge in [-0.05, 0) is 37.4 Å². The van der Waals surface area contributed by atoms with E-state index < -0.39 is 0 Å². The number of thioether (sulfide) groups is 1. The Labute approximate surface area is 95.7 Å². The Kier molecular flexibility index (Phi) is 4.69. The summed E-state index contributed by atoms with van der Waals surface area (Å²) in [6.45, 7) is 2.20. The van der Waals surface area contributed by atoms with Crippen LogP contribution in [0.25, 0.3) is 0 Å². The van der Waals surface area contributed by atoms with Gasteiger partial charge in [0.05, 0.1) is 0 Å². The summed E-state index contributed by atoms with van der Waals surface area (Å²) in [4.78, 5) is 12.7. The van der Waals surface area contributed by atoms with Crippen molar-refractivity contribution in [1.82, 2.24) is 0 Å². The van der Waals surface area contributed by atoms with Gasteiger partial charge in [-0.2, -0.15) is 11.8 Å². The van der Waals surface area contributed by atoms with E-state index in [2.05, 4.69) is 25.1 Å². The summed E-state index contributed by atoms with van der Waals surface area (Å²) in [6, 6.07) is 8.18. The van der Waals surface area contributed by atoms with Crippen LogP contribution in [0.4, 0.5) is 5.69 Å². The zero-order valence-corrected chi connectivity index (χ0v) is 10.3. The Morgan fingerprint density at radius 2 is 2.00 bits per heavy atom. The fraction of sp³-hybridized carbons (Fsp3) is 0.417. The SMILES string of the molecule is CSCC(C)N(C)c1ccc(C=O)cc1. The van der Waals surface area contributed by atoms with Gasteiger partial charge in [-0.25, -0.2) is 0 Å². The molecule has 0 bridgehead atoms. The topological polar surface area (TPSA) is 20.3 Å². The van der Waals surface area contributed by atoms with Gasteiger partial charge in [0.2, 0.25) is 0 Å². The standard InChI is InChI=1S/C12H17NOS/c1-10(9-15-3)13(2)12-6-4-11(8-14)5-7-12/h4-8,10H,9H2,1-3H3. The number of anilines is 1. The molecule has 0 heterocycles. The molecule has 2 nitrogen and oxygen atoms in total. The molecule has 0 aromatic heterocycles. The molecule has 0 saturated carbocycles. The molecule has 0 N–H and O–H groups in total. The van der Waals surface area contributed by atoms with Gasteiger partial charge >= 0.3 is 0 Å². The van der Waals surface area contributed by atoms with Crippen LogP contribution in [-0.4, -0.2) is 31.4 Å². The van der Waals surface area contributed by atoms with Crippen LogP contribution in [-0.2, 0) is 0 Å². The average molecular weight is 223 g/mol. The highest BCUT2D eigenvalue weighted by Crippen LogP contribution is 2.17. The van der Waals surface area contributed by atoms with E-state index in [1.807, 2.05) is 36.0 Å². The van der Waals surface area contributed by atoms with E-state index in [1.54, 1.807) is 0 Å². The predicted molar refractivity (Wildman–Crippen MR) is 68.1 cm³/mol. The molecule has 1 unspecified atom stereocenters. The Morgan fingerprint density at radius 3 is 2.47 bits per heavy atom. The maximum absolute atomic E-state index is 10.5. The molecular weight excluding hydrogens is 206 g/mol. The molecule has 0 amide bonds. The Morgan fingerprint density at radius 1 is 1.40 bits per heavy atom. The van der Waals surface area contributed by atoms with Crippen LogP contribution in [0.15, 0.2) is 24.3 Å². The second-order valence-electron chi connectivity index (χ2n) is 3.62. The van der Waals surface area contributed by atoms with E-state index in [0.717, 1.165) is 23.3 Å². The fourth-order valence-electron chi connectivity index (χ4n) is 1.40. The van der Waals surface area contributed by atoms with Crippen LogP contribution < -0.4 is 4.90 Å². The highest BCUT2D eigenvalue weighted by atomic mass is 32.2. The smallest absolute Gasteiger partial charge is 0.150 e. The number of benzene rings is 1. The third-order valence-corrected chi connectivity index (χ3v) is 3.32. The van der Waals surface area contributed by atoms with Crippen molar-refractivity contribution in [3.63, 3.8) is 0 Å². The van der Waals surface area contributed by atoms with Crippen LogP contribution in [0.3, 0.4) is 0 Å². The molecule has 0 saturated heterocycles. The number of aldehydes is 1. The molecule has 1 atom stereocenters. The molecule has 0 aliphatic rings. The summed E-state index contributed by atoms with van der Waals surface area (Å²) < 4.78 is 0. The first-order chi connectivity index (χ1) is 7.19.